The molecule has 0 saturated heterocycles. The number of aromatic nitrogens is 1. The van der Waals surface area contributed by atoms with E-state index in [4.69, 9.17) is 9.47 Å². The maximum absolute atomic E-state index is 13.1. The number of benzene rings is 2. The van der Waals surface area contributed by atoms with Crippen molar-refractivity contribution in [1.29, 1.82) is 0 Å². The van der Waals surface area contributed by atoms with Gasteiger partial charge in [0.05, 0.1) is 7.11 Å². The van der Waals surface area contributed by atoms with Crippen LogP contribution >= 0.6 is 0 Å². The van der Waals surface area contributed by atoms with E-state index in [1.165, 1.54) is 37.4 Å². The van der Waals surface area contributed by atoms with Crippen molar-refractivity contribution in [3.05, 3.63) is 94.5 Å². The number of allylic oxidation sites excluding steroid dienone is 1. The van der Waals surface area contributed by atoms with Gasteiger partial charge in [-0.3, -0.25) is 4.79 Å². The standard InChI is InChI=1S/C33H40N2O5/c1-20(35-30(37)28-29(36)26(39-9)18-19-34-28)31(38)40-21(2)27(22-10-14-24(15-11-22)32(3,4)5)23-12-16-25(17-13-23)33(6,7)8/h10-20,36H,1-9H3,(H,35,37)/t20-/m0/s1. The van der Waals surface area contributed by atoms with Gasteiger partial charge in [0, 0.05) is 17.8 Å². The summed E-state index contributed by atoms with van der Waals surface area (Å²) in [4.78, 5) is 29.7. The fourth-order valence-corrected chi connectivity index (χ4v) is 4.23. The zero-order chi connectivity index (χ0) is 29.8. The lowest BCUT2D eigenvalue weighted by Crippen LogP contribution is -2.39. The molecule has 2 N–H and O–H groups in total. The lowest BCUT2D eigenvalue weighted by Gasteiger charge is -2.22. The van der Waals surface area contributed by atoms with E-state index < -0.39 is 23.7 Å². The average Bonchev–Trinajstić information content (AvgIpc) is 2.88. The molecule has 0 aliphatic carbocycles. The molecular formula is C33H40N2O5. The SMILES string of the molecule is COc1ccnc(C(=O)N[C@@H](C)C(=O)OC(C)=C(c2ccc(C(C)(C)C)cc2)c2ccc(C(C)(C)C)cc2)c1O. The van der Waals surface area contributed by atoms with Crippen LogP contribution in [0.5, 0.6) is 11.5 Å². The minimum Gasteiger partial charge on any atom is -0.503 e. The second kappa shape index (κ2) is 11.9. The lowest BCUT2D eigenvalue weighted by atomic mass is 9.84. The molecule has 7 nitrogen and oxygen atoms in total. The van der Waals surface area contributed by atoms with Crippen LogP contribution in [0, 0.1) is 0 Å². The van der Waals surface area contributed by atoms with Crippen LogP contribution in [-0.2, 0) is 20.4 Å². The van der Waals surface area contributed by atoms with Gasteiger partial charge < -0.3 is 19.9 Å². The topological polar surface area (TPSA) is 97.8 Å². The van der Waals surface area contributed by atoms with Crippen molar-refractivity contribution in [1.82, 2.24) is 10.3 Å². The van der Waals surface area contributed by atoms with E-state index in [9.17, 15) is 14.7 Å². The predicted molar refractivity (Wildman–Crippen MR) is 157 cm³/mol. The van der Waals surface area contributed by atoms with Crippen LogP contribution < -0.4 is 10.1 Å². The fourth-order valence-electron chi connectivity index (χ4n) is 4.23. The van der Waals surface area contributed by atoms with Gasteiger partial charge in [-0.1, -0.05) is 90.1 Å². The zero-order valence-electron chi connectivity index (χ0n) is 24.9. The third-order valence-electron chi connectivity index (χ3n) is 6.71. The van der Waals surface area contributed by atoms with Crippen molar-refractivity contribution >= 4 is 17.4 Å². The zero-order valence-corrected chi connectivity index (χ0v) is 24.9. The molecule has 0 saturated carbocycles. The van der Waals surface area contributed by atoms with Crippen molar-refractivity contribution in [2.75, 3.05) is 7.11 Å². The van der Waals surface area contributed by atoms with E-state index in [-0.39, 0.29) is 22.3 Å². The third-order valence-corrected chi connectivity index (χ3v) is 6.71. The Morgan fingerprint density at radius 3 is 1.75 bits per heavy atom. The van der Waals surface area contributed by atoms with Crippen molar-refractivity contribution < 1.29 is 24.2 Å². The van der Waals surface area contributed by atoms with E-state index in [1.807, 2.05) is 24.3 Å². The number of hydrogen-bond acceptors (Lipinski definition) is 6. The summed E-state index contributed by atoms with van der Waals surface area (Å²) in [5.74, 6) is -1.27. The number of amides is 1. The monoisotopic (exact) mass is 544 g/mol. The molecule has 0 unspecified atom stereocenters. The second-order valence-electron chi connectivity index (χ2n) is 11.9. The molecule has 7 heteroatoms. The van der Waals surface area contributed by atoms with Gasteiger partial charge in [-0.2, -0.15) is 0 Å². The van der Waals surface area contributed by atoms with E-state index >= 15 is 0 Å². The lowest BCUT2D eigenvalue weighted by molar-refractivity contribution is -0.141. The molecule has 0 bridgehead atoms. The van der Waals surface area contributed by atoms with Crippen LogP contribution in [0.2, 0.25) is 0 Å². The molecule has 40 heavy (non-hydrogen) atoms. The minimum atomic E-state index is -1.01. The normalized spacial score (nSPS) is 12.3. The number of hydrogen-bond donors (Lipinski definition) is 2. The number of ether oxygens (including phenoxy) is 2. The molecule has 2 aromatic carbocycles. The van der Waals surface area contributed by atoms with Gasteiger partial charge in [-0.05, 0) is 46.9 Å². The van der Waals surface area contributed by atoms with Crippen molar-refractivity contribution in [2.45, 2.75) is 72.3 Å². The molecule has 1 heterocycles. The molecule has 0 radical (unpaired) electrons. The molecule has 3 aromatic rings. The van der Waals surface area contributed by atoms with Gasteiger partial charge in [0.1, 0.15) is 11.8 Å². The Kier molecular flexibility index (Phi) is 9.08. The molecule has 0 spiro atoms. The summed E-state index contributed by atoms with van der Waals surface area (Å²) in [5.41, 5.74) is 4.73. The highest BCUT2D eigenvalue weighted by Gasteiger charge is 2.24. The summed E-state index contributed by atoms with van der Waals surface area (Å²) >= 11 is 0. The Morgan fingerprint density at radius 1 is 0.850 bits per heavy atom. The minimum absolute atomic E-state index is 0.00201. The first-order chi connectivity index (χ1) is 18.6. The molecule has 1 atom stereocenters. The van der Waals surface area contributed by atoms with Gasteiger partial charge in [0.15, 0.2) is 17.2 Å². The maximum atomic E-state index is 13.1. The van der Waals surface area contributed by atoms with Crippen LogP contribution in [0.25, 0.3) is 5.57 Å². The molecule has 0 aliphatic heterocycles. The molecule has 0 fully saturated rings. The summed E-state index contributed by atoms with van der Waals surface area (Å²) in [6.45, 7) is 16.2. The van der Waals surface area contributed by atoms with Crippen LogP contribution in [0.4, 0.5) is 0 Å². The number of nitrogens with one attached hydrogen (secondary N) is 1. The Balaban J connectivity index is 1.93. The van der Waals surface area contributed by atoms with Crippen LogP contribution in [0.3, 0.4) is 0 Å². The number of carbonyl (C=O) groups is 2. The molecule has 1 aromatic heterocycles. The first-order valence-corrected chi connectivity index (χ1v) is 13.3. The van der Waals surface area contributed by atoms with Gasteiger partial charge in [0.2, 0.25) is 0 Å². The molecular weight excluding hydrogens is 504 g/mol. The Hall–Kier alpha value is -4.13. The number of carbonyl (C=O) groups excluding carboxylic acids is 2. The molecule has 0 aliphatic rings. The largest absolute Gasteiger partial charge is 0.503 e. The van der Waals surface area contributed by atoms with E-state index in [2.05, 4.69) is 76.1 Å². The maximum Gasteiger partial charge on any atom is 0.333 e. The van der Waals surface area contributed by atoms with Gasteiger partial charge in [0.25, 0.3) is 5.91 Å². The van der Waals surface area contributed by atoms with Crippen LogP contribution in [-0.4, -0.2) is 35.1 Å². The van der Waals surface area contributed by atoms with Crippen molar-refractivity contribution in [3.8, 4) is 11.5 Å². The second-order valence-corrected chi connectivity index (χ2v) is 11.9. The summed E-state index contributed by atoms with van der Waals surface area (Å²) in [6, 6.07) is 16.9. The quantitative estimate of drug-likeness (QED) is 0.259. The van der Waals surface area contributed by atoms with E-state index in [0.29, 0.717) is 5.76 Å². The number of pyridine rings is 1. The predicted octanol–water partition coefficient (Wildman–Crippen LogP) is 6.53. The summed E-state index contributed by atoms with van der Waals surface area (Å²) in [6.07, 6.45) is 1.34. The van der Waals surface area contributed by atoms with Crippen LogP contribution in [0.15, 0.2) is 66.6 Å². The molecule has 1 amide bonds. The number of rotatable bonds is 7. The highest BCUT2D eigenvalue weighted by molar-refractivity contribution is 5.98. The van der Waals surface area contributed by atoms with Crippen LogP contribution in [0.1, 0.15) is 88.1 Å². The number of methoxy groups -OCH3 is 1. The summed E-state index contributed by atoms with van der Waals surface area (Å²) in [7, 11) is 1.37. The van der Waals surface area contributed by atoms with E-state index in [1.54, 1.807) is 6.92 Å². The van der Waals surface area contributed by atoms with Crippen molar-refractivity contribution in [2.24, 2.45) is 0 Å². The number of nitrogens with zero attached hydrogens (tertiary/aromatic N) is 1. The molecule has 212 valence electrons. The van der Waals surface area contributed by atoms with E-state index in [0.717, 1.165) is 16.7 Å². The summed E-state index contributed by atoms with van der Waals surface area (Å²) < 4.78 is 10.8. The Labute approximate surface area is 237 Å². The van der Waals surface area contributed by atoms with Crippen molar-refractivity contribution in [3.63, 3.8) is 0 Å². The Bertz CT molecular complexity index is 1330. The first-order valence-electron chi connectivity index (χ1n) is 13.3. The first kappa shape index (κ1) is 30.4. The molecule has 3 rings (SSSR count). The van der Waals surface area contributed by atoms with Gasteiger partial charge in [-0.15, -0.1) is 0 Å². The highest BCUT2D eigenvalue weighted by atomic mass is 16.5. The summed E-state index contributed by atoms with van der Waals surface area (Å²) in [5, 5.41) is 12.8. The van der Waals surface area contributed by atoms with Gasteiger partial charge in [-0.25, -0.2) is 9.78 Å². The Morgan fingerprint density at radius 2 is 1.32 bits per heavy atom. The fraction of sp³-hybridized carbons (Fsp3) is 0.364. The number of esters is 1. The number of aromatic hydroxyl groups is 1. The smallest absolute Gasteiger partial charge is 0.333 e. The van der Waals surface area contributed by atoms with Gasteiger partial charge >= 0.3 is 5.97 Å². The highest BCUT2D eigenvalue weighted by Crippen LogP contribution is 2.32. The third kappa shape index (κ3) is 7.08. The average molecular weight is 545 g/mol.